The molecule has 1 aliphatic heterocycles. The van der Waals surface area contributed by atoms with Gasteiger partial charge in [-0.25, -0.2) is 27.4 Å². The molecule has 3 heterocycles. The Morgan fingerprint density at radius 2 is 1.74 bits per heavy atom. The Morgan fingerprint density at radius 3 is 2.39 bits per heavy atom. The van der Waals surface area contributed by atoms with Gasteiger partial charge in [0.25, 0.3) is 5.16 Å². The van der Waals surface area contributed by atoms with Crippen molar-refractivity contribution >= 4 is 55.5 Å². The molecule has 1 fully saturated rings. The van der Waals surface area contributed by atoms with E-state index >= 15 is 4.39 Å². The van der Waals surface area contributed by atoms with Crippen molar-refractivity contribution in [3.05, 3.63) is 53.8 Å². The summed E-state index contributed by atoms with van der Waals surface area (Å²) in [6, 6.07) is 10.9. The third-order valence-corrected chi connectivity index (χ3v) is 8.63. The van der Waals surface area contributed by atoms with Gasteiger partial charge in [0.15, 0.2) is 0 Å². The Labute approximate surface area is 267 Å². The van der Waals surface area contributed by atoms with E-state index in [1.54, 1.807) is 71.9 Å². The second-order valence-electron chi connectivity index (χ2n) is 13.4. The van der Waals surface area contributed by atoms with Crippen LogP contribution in [0.5, 0.6) is 0 Å². The van der Waals surface area contributed by atoms with Crippen LogP contribution in [0.3, 0.4) is 0 Å². The van der Waals surface area contributed by atoms with Gasteiger partial charge in [-0.1, -0.05) is 30.3 Å². The third-order valence-electron chi connectivity index (χ3n) is 7.18. The maximum absolute atomic E-state index is 15.2. The molecule has 12 nitrogen and oxygen atoms in total. The Morgan fingerprint density at radius 1 is 1.07 bits per heavy atom. The van der Waals surface area contributed by atoms with Crippen LogP contribution in [0, 0.1) is 5.82 Å². The van der Waals surface area contributed by atoms with Crippen molar-refractivity contribution in [2.24, 2.45) is 0 Å². The quantitative estimate of drug-likeness (QED) is 0.250. The molecule has 5 rings (SSSR count). The number of sulfone groups is 1. The molecule has 46 heavy (non-hydrogen) atoms. The predicted molar refractivity (Wildman–Crippen MR) is 173 cm³/mol. The summed E-state index contributed by atoms with van der Waals surface area (Å²) in [6.45, 7) is 11.2. The lowest BCUT2D eigenvalue weighted by Gasteiger charge is -2.25. The molecule has 1 atom stereocenters. The fourth-order valence-corrected chi connectivity index (χ4v) is 6.49. The average molecular weight is 655 g/mol. The largest absolute Gasteiger partial charge is 0.444 e. The second-order valence-corrected chi connectivity index (χ2v) is 15.3. The first-order chi connectivity index (χ1) is 21.4. The van der Waals surface area contributed by atoms with Gasteiger partial charge in [-0.05, 0) is 65.7 Å². The smallest absolute Gasteiger partial charge is 0.414 e. The number of anilines is 2. The number of amides is 2. The number of hydrogen-bond donors (Lipinski definition) is 2. The Balaban J connectivity index is 1.63. The minimum absolute atomic E-state index is 0.152. The summed E-state index contributed by atoms with van der Waals surface area (Å²) in [4.78, 5) is 40.6. The van der Waals surface area contributed by atoms with Gasteiger partial charge in [0.2, 0.25) is 9.84 Å². The van der Waals surface area contributed by atoms with Gasteiger partial charge in [-0.3, -0.25) is 4.90 Å². The van der Waals surface area contributed by atoms with Crippen molar-refractivity contribution < 1.29 is 31.9 Å². The Bertz CT molecular complexity index is 1900. The second kappa shape index (κ2) is 12.0. The minimum Gasteiger partial charge on any atom is -0.444 e. The van der Waals surface area contributed by atoms with Gasteiger partial charge in [-0.15, -0.1) is 0 Å². The molecule has 2 amide bonds. The van der Waals surface area contributed by atoms with E-state index in [1.807, 2.05) is 4.90 Å². The number of fused-ring (bicyclic) bond motifs is 3. The number of aromatic nitrogens is 3. The van der Waals surface area contributed by atoms with Crippen LogP contribution in [0.2, 0.25) is 0 Å². The number of nitrogens with zero attached hydrogens (tertiary/aromatic N) is 4. The van der Waals surface area contributed by atoms with E-state index in [4.69, 9.17) is 9.47 Å². The summed E-state index contributed by atoms with van der Waals surface area (Å²) in [6.07, 6.45) is -0.742. The van der Waals surface area contributed by atoms with Gasteiger partial charge in [0, 0.05) is 25.5 Å². The highest BCUT2D eigenvalue weighted by molar-refractivity contribution is 7.90. The monoisotopic (exact) mass is 654 g/mol. The fraction of sp³-hybridized carbons (Fsp3) is 0.438. The summed E-state index contributed by atoms with van der Waals surface area (Å²) in [7, 11) is -2.57. The van der Waals surface area contributed by atoms with Crippen LogP contribution in [-0.4, -0.2) is 72.9 Å². The number of carbonyl (C=O) groups is 2. The summed E-state index contributed by atoms with van der Waals surface area (Å²) >= 11 is 0. The van der Waals surface area contributed by atoms with Crippen molar-refractivity contribution in [1.29, 1.82) is 0 Å². The molecule has 4 aromatic rings. The van der Waals surface area contributed by atoms with Gasteiger partial charge in [-0.2, -0.15) is 4.98 Å². The SMILES string of the molecule is CN(C(=O)OC(C)(C)C)c1cc(F)cc2c1[nH]c1nc(S(=O)(=O)Cc3ccccc3)nc(N3CCC(NC(=O)OC(C)(C)C)C3)c12. The topological polar surface area (TPSA) is 147 Å². The van der Waals surface area contributed by atoms with Gasteiger partial charge < -0.3 is 24.7 Å². The van der Waals surface area contributed by atoms with Gasteiger partial charge in [0.05, 0.1) is 28.4 Å². The lowest BCUT2D eigenvalue weighted by Crippen LogP contribution is -2.40. The number of alkyl carbamates (subject to hydrolysis) is 1. The van der Waals surface area contributed by atoms with E-state index in [9.17, 15) is 18.0 Å². The molecule has 0 bridgehead atoms. The molecule has 2 N–H and O–H groups in total. The van der Waals surface area contributed by atoms with E-state index < -0.39 is 44.2 Å². The molecule has 1 aliphatic rings. The maximum atomic E-state index is 15.2. The molecule has 14 heteroatoms. The van der Waals surface area contributed by atoms with Crippen molar-refractivity contribution in [3.63, 3.8) is 0 Å². The van der Waals surface area contributed by atoms with Crippen LogP contribution in [0.25, 0.3) is 21.9 Å². The summed E-state index contributed by atoms with van der Waals surface area (Å²) < 4.78 is 53.5. The fourth-order valence-electron chi connectivity index (χ4n) is 5.27. The molecule has 2 aromatic carbocycles. The van der Waals surface area contributed by atoms with Crippen LogP contribution in [0.4, 0.5) is 25.5 Å². The van der Waals surface area contributed by atoms with E-state index in [-0.39, 0.29) is 35.5 Å². The number of H-pyrrole nitrogens is 1. The first kappa shape index (κ1) is 32.9. The number of benzene rings is 2. The molecule has 1 saturated heterocycles. The standard InChI is InChI=1S/C32H39FN6O6S/c1-31(2,3)44-29(40)34-21-13-14-39(17-21)27-24-22-15-20(33)16-23(38(7)30(41)45-32(4,5)6)25(22)35-26(24)36-28(37-27)46(42,43)18-19-11-9-8-10-12-19/h8-12,15-16,21H,13-14,17-18H2,1-7H3,(H,34,40)(H,35,36,37). The van der Waals surface area contributed by atoms with E-state index in [2.05, 4.69) is 20.3 Å². The zero-order valence-electron chi connectivity index (χ0n) is 27.0. The van der Waals surface area contributed by atoms with Crippen LogP contribution >= 0.6 is 0 Å². The zero-order chi connectivity index (χ0) is 33.6. The molecule has 2 aromatic heterocycles. The van der Waals surface area contributed by atoms with E-state index in [0.717, 1.165) is 0 Å². The summed E-state index contributed by atoms with van der Waals surface area (Å²) in [5.74, 6) is -0.701. The zero-order valence-corrected chi connectivity index (χ0v) is 27.8. The number of hydrogen-bond acceptors (Lipinski definition) is 9. The van der Waals surface area contributed by atoms with E-state index in [0.29, 0.717) is 34.8 Å². The molecule has 1 unspecified atom stereocenters. The molecule has 246 valence electrons. The maximum Gasteiger partial charge on any atom is 0.414 e. The minimum atomic E-state index is -4.03. The van der Waals surface area contributed by atoms with Crippen molar-refractivity contribution in [1.82, 2.24) is 20.3 Å². The van der Waals surface area contributed by atoms with E-state index in [1.165, 1.54) is 24.1 Å². The van der Waals surface area contributed by atoms with Crippen molar-refractivity contribution in [3.8, 4) is 0 Å². The first-order valence-corrected chi connectivity index (χ1v) is 16.6. The predicted octanol–water partition coefficient (Wildman–Crippen LogP) is 5.70. The normalized spacial score (nSPS) is 15.7. The molecular formula is C32H39FN6O6S. The van der Waals surface area contributed by atoms with Gasteiger partial charge in [0.1, 0.15) is 28.5 Å². The van der Waals surface area contributed by atoms with Crippen LogP contribution in [0.1, 0.15) is 53.5 Å². The number of aromatic amines is 1. The lowest BCUT2D eigenvalue weighted by atomic mass is 10.1. The van der Waals surface area contributed by atoms with Crippen molar-refractivity contribution in [2.75, 3.05) is 29.9 Å². The van der Waals surface area contributed by atoms with Crippen molar-refractivity contribution in [2.45, 2.75) is 76.1 Å². The van der Waals surface area contributed by atoms with Crippen LogP contribution in [0.15, 0.2) is 47.6 Å². The first-order valence-electron chi connectivity index (χ1n) is 14.9. The molecule has 0 aliphatic carbocycles. The number of nitrogens with one attached hydrogen (secondary N) is 2. The Kier molecular flexibility index (Phi) is 8.62. The van der Waals surface area contributed by atoms with Gasteiger partial charge >= 0.3 is 12.2 Å². The Hall–Kier alpha value is -4.46. The highest BCUT2D eigenvalue weighted by Crippen LogP contribution is 2.38. The number of rotatable bonds is 6. The highest BCUT2D eigenvalue weighted by Gasteiger charge is 2.32. The summed E-state index contributed by atoms with van der Waals surface area (Å²) in [5.41, 5.74) is -0.233. The molecule has 0 saturated carbocycles. The summed E-state index contributed by atoms with van der Waals surface area (Å²) in [5, 5.41) is 3.19. The third kappa shape index (κ3) is 7.33. The average Bonchev–Trinajstić information content (AvgIpc) is 3.54. The number of halogens is 1. The lowest BCUT2D eigenvalue weighted by molar-refractivity contribution is 0.0507. The van der Waals surface area contributed by atoms with Crippen LogP contribution in [-0.2, 0) is 25.1 Å². The molecule has 0 spiro atoms. The van der Waals surface area contributed by atoms with Crippen LogP contribution < -0.4 is 15.1 Å². The molecular weight excluding hydrogens is 615 g/mol. The molecule has 0 radical (unpaired) electrons. The number of ether oxygens (including phenoxy) is 2. The highest BCUT2D eigenvalue weighted by atomic mass is 32.2. The number of carbonyl (C=O) groups excluding carboxylic acids is 2.